The minimum Gasteiger partial charge on any atom is -0.508 e. The van der Waals surface area contributed by atoms with Crippen molar-refractivity contribution in [3.05, 3.63) is 174 Å². The van der Waals surface area contributed by atoms with Crippen molar-refractivity contribution in [2.45, 2.75) is 156 Å². The lowest BCUT2D eigenvalue weighted by molar-refractivity contribution is -0.334. The van der Waals surface area contributed by atoms with Crippen LogP contribution < -0.4 is 79.0 Å². The molecule has 7 aliphatic rings. The Bertz CT molecular complexity index is 5330. The molecule has 7 aromatic rings. The number of benzene rings is 6. The van der Waals surface area contributed by atoms with E-state index in [1.807, 2.05) is 0 Å². The van der Waals surface area contributed by atoms with Gasteiger partial charge in [-0.15, -0.1) is 0 Å². The molecule has 2 fully saturated rings. The number of carbonyl (C=O) groups excluding carboxylic acids is 9. The number of aliphatic hydroxyl groups excluding tert-OH is 6. The van der Waals surface area contributed by atoms with Gasteiger partial charge in [-0.2, -0.15) is 4.98 Å². The SMILES string of the molecule is CN[C@H](C)C(=O)N[C@H]1C(=O)N[C@@H](CC(N)=O)C(=O)N[C@H]2C(=O)N[C@H]3C(=O)N[C@H](C(=O)N[C@@H](C(=O)NOCCOC)c4cc(O)cc(O)c4-c4cc3ccc4O)[C@H](O)c3ccc(c(Cl)c3)Oc3cc2cc(c3O[C@@H]2O[C@H](CO)[C@@H](O)[C@H](O)[C@H]2O[C@H]2C[C@](C)(NCCn3ccc(NC(=O)Cc4ccc(Cl)c(F)c4)nc3=O)[C@H](O)[C@H](C)O2)Oc2ccc(cc2Cl)[C@H]1O. The highest BCUT2D eigenvalue weighted by atomic mass is 35.5. The van der Waals surface area contributed by atoms with Crippen LogP contribution in [0.3, 0.4) is 0 Å². The second kappa shape index (κ2) is 39.1. The molecule has 40 nitrogen and oxygen atoms in total. The molecule has 9 amide bonds. The Kier molecular flexibility index (Phi) is 29.0. The maximum atomic E-state index is 16.3. The minimum atomic E-state index is -2.40. The largest absolute Gasteiger partial charge is 0.508 e. The van der Waals surface area contributed by atoms with Gasteiger partial charge in [0.15, 0.2) is 23.9 Å². The number of likely N-dealkylation sites (N-methyl/N-ethyl adjacent to an activating group) is 1. The van der Waals surface area contributed by atoms with Crippen LogP contribution in [0.15, 0.2) is 114 Å². The van der Waals surface area contributed by atoms with Gasteiger partial charge in [-0.1, -0.05) is 59.1 Å². The van der Waals surface area contributed by atoms with Crippen LogP contribution in [0.1, 0.15) is 97.3 Å². The standard InChI is InChI=1S/C80H87Cl3FN13O27/c1-32(86-4)71(109)94-62-64(104)36-8-12-49(43(82)23-36)120-51-25-38-26-52(68(51)124-78-69(67(107)66(106)53(31-98)122-78)123-57-30-80(3,70(108)33(2)119-57)87-15-17-97-16-14-55(90-79(97)116)89-56(103)21-34-6-10-42(81)45(84)20-34)121-50-13-9-37(24-44(50)83)65(105)63-76(114)93-61(77(115)96-118-19-18-117-5)41-27-39(99)28-48(101)58(41)40-22-35(7-11-47(40)100)59(73(111)95-63)92-74(112)60(38)91-72(110)46(29-54(85)102)88-75(62)113/h6-14,16,20,22-28,32-33,46,53,57,59-67,69-70,78,86-87,98-101,104-108H,15,17-19,21,29-31H2,1-5H3,(H2,85,102)(H,88,113)(H,91,110)(H,92,112)(H,93,114)(H,94,109)(H,95,111)(H,96,115)(H,89,90,103,116)/t32-,33+,46+,53-,57+,59-,60-,61-,62-,63+,64-,65-,66-,67+,69-,70-,78+,80+/m1/s1. The summed E-state index contributed by atoms with van der Waals surface area (Å²) in [4.78, 5) is 154. The van der Waals surface area contributed by atoms with Gasteiger partial charge < -0.3 is 133 Å². The number of hydrogen-bond donors (Lipinski definition) is 20. The number of primary amides is 1. The second-order valence-corrected chi connectivity index (χ2v) is 31.0. The van der Waals surface area contributed by atoms with Crippen molar-refractivity contribution in [3.8, 4) is 57.1 Å². The molecule has 7 aliphatic heterocycles. The lowest BCUT2D eigenvalue weighted by atomic mass is 9.85. The zero-order chi connectivity index (χ0) is 89.6. The third kappa shape index (κ3) is 20.6. The molecule has 11 bridgehead atoms. The molecule has 1 aromatic heterocycles. The van der Waals surface area contributed by atoms with Crippen molar-refractivity contribution in [3.63, 3.8) is 0 Å². The van der Waals surface area contributed by atoms with E-state index in [1.54, 1.807) is 6.92 Å². The number of methoxy groups -OCH3 is 1. The van der Waals surface area contributed by atoms with Crippen LogP contribution in [0.25, 0.3) is 11.1 Å². The van der Waals surface area contributed by atoms with Gasteiger partial charge in [0.05, 0.1) is 66.0 Å². The van der Waals surface area contributed by atoms with E-state index in [0.29, 0.717) is 5.56 Å². The Labute approximate surface area is 718 Å². The van der Waals surface area contributed by atoms with Gasteiger partial charge in [-0.3, -0.25) is 52.6 Å². The monoisotopic (exact) mass is 1790 g/mol. The first kappa shape index (κ1) is 91.7. The fourth-order valence-electron chi connectivity index (χ4n) is 14.4. The molecule has 44 heteroatoms. The first-order valence-corrected chi connectivity index (χ1v) is 39.5. The number of fused-ring (bicyclic) bond motifs is 15. The number of halogens is 4. The lowest BCUT2D eigenvalue weighted by Crippen LogP contribution is -2.65. The number of rotatable bonds is 22. The van der Waals surface area contributed by atoms with Crippen LogP contribution in [-0.2, 0) is 79.9 Å². The maximum Gasteiger partial charge on any atom is 0.349 e. The van der Waals surface area contributed by atoms with Crippen molar-refractivity contribution < 1.29 is 131 Å². The minimum absolute atomic E-state index is 0.0648. The number of phenolic OH excluding ortho intramolecular Hbond substituents is 3. The van der Waals surface area contributed by atoms with Crippen molar-refractivity contribution in [2.75, 3.05) is 45.8 Å². The molecule has 0 aliphatic carbocycles. The lowest BCUT2D eigenvalue weighted by Gasteiger charge is -2.48. The van der Waals surface area contributed by atoms with Gasteiger partial charge in [0.25, 0.3) is 5.91 Å². The van der Waals surface area contributed by atoms with Gasteiger partial charge >= 0.3 is 5.69 Å². The predicted octanol–water partition coefficient (Wildman–Crippen LogP) is 0.551. The number of aromatic hydroxyl groups is 3. The quantitative estimate of drug-likeness (QED) is 0.0325. The number of carbonyl (C=O) groups is 9. The number of amides is 9. The summed E-state index contributed by atoms with van der Waals surface area (Å²) in [5, 5.41) is 128. The summed E-state index contributed by atoms with van der Waals surface area (Å²) in [5.74, 6) is -17.1. The van der Waals surface area contributed by atoms with Crippen LogP contribution in [-0.4, -0.2) is 228 Å². The average Bonchev–Trinajstić information content (AvgIpc) is 0.764. The van der Waals surface area contributed by atoms with Gasteiger partial charge in [0.2, 0.25) is 59.3 Å². The van der Waals surface area contributed by atoms with Gasteiger partial charge in [-0.05, 0) is 134 Å². The van der Waals surface area contributed by atoms with Crippen molar-refractivity contribution in [2.24, 2.45) is 5.73 Å². The number of hydroxylamine groups is 1. The number of ether oxygens (including phenoxy) is 7. The molecule has 21 N–H and O–H groups in total. The smallest absolute Gasteiger partial charge is 0.349 e. The van der Waals surface area contributed by atoms with Gasteiger partial charge in [0, 0.05) is 55.5 Å². The fourth-order valence-corrected chi connectivity index (χ4v) is 15.0. The number of aromatic nitrogens is 2. The summed E-state index contributed by atoms with van der Waals surface area (Å²) in [6.07, 6.45) is -18.8. The highest BCUT2D eigenvalue weighted by Gasteiger charge is 2.52. The Morgan fingerprint density at radius 1 is 0.726 bits per heavy atom. The molecule has 2 saturated heterocycles. The molecule has 124 heavy (non-hydrogen) atoms. The number of anilines is 1. The van der Waals surface area contributed by atoms with E-state index >= 15 is 19.2 Å². The third-order valence-corrected chi connectivity index (χ3v) is 22.0. The van der Waals surface area contributed by atoms with E-state index in [2.05, 4.69) is 58.3 Å². The third-order valence-electron chi connectivity index (χ3n) is 21.1. The van der Waals surface area contributed by atoms with E-state index in [4.69, 9.17) is 78.5 Å². The normalized spacial score (nSPS) is 26.0. The van der Waals surface area contributed by atoms with Gasteiger partial charge in [-0.25, -0.2) is 14.7 Å². The second-order valence-electron chi connectivity index (χ2n) is 29.8. The molecule has 6 aromatic carbocycles. The number of nitrogens with one attached hydrogen (secondary N) is 10. The summed E-state index contributed by atoms with van der Waals surface area (Å²) in [6, 6.07) is 4.41. The molecule has 0 unspecified atom stereocenters. The van der Waals surface area contributed by atoms with E-state index in [-0.39, 0.29) is 66.7 Å². The topological polar surface area (TPSA) is 591 Å². The van der Waals surface area contributed by atoms with E-state index < -0.39 is 265 Å². The molecule has 0 saturated carbocycles. The molecular weight excluding hydrogens is 1700 g/mol. The molecule has 8 heterocycles. The van der Waals surface area contributed by atoms with E-state index in [1.165, 1.54) is 63.0 Å². The van der Waals surface area contributed by atoms with Gasteiger partial charge in [0.1, 0.15) is 107 Å². The molecular formula is C80H87Cl3FN13O27. The number of aliphatic hydroxyl groups is 6. The molecule has 0 radical (unpaired) electrons. The average molecular weight is 1790 g/mol. The molecule has 0 spiro atoms. The van der Waals surface area contributed by atoms with Crippen molar-refractivity contribution >= 4 is 93.8 Å². The van der Waals surface area contributed by atoms with Crippen LogP contribution in [0.5, 0.6) is 46.0 Å². The highest BCUT2D eigenvalue weighted by molar-refractivity contribution is 6.32. The summed E-state index contributed by atoms with van der Waals surface area (Å²) in [5.41, 5.74) is 3.18. The van der Waals surface area contributed by atoms with Crippen molar-refractivity contribution in [1.29, 1.82) is 0 Å². The summed E-state index contributed by atoms with van der Waals surface area (Å²) < 4.78 is 59.6. The van der Waals surface area contributed by atoms with Crippen molar-refractivity contribution in [1.82, 2.24) is 57.6 Å². The van der Waals surface area contributed by atoms with Crippen LogP contribution in [0, 0.1) is 5.82 Å². The number of phenols is 3. The zero-order valence-electron chi connectivity index (χ0n) is 66.2. The fraction of sp³-hybridized carbons (Fsp3) is 0.388. The first-order valence-electron chi connectivity index (χ1n) is 38.4. The Morgan fingerprint density at radius 2 is 1.39 bits per heavy atom. The zero-order valence-corrected chi connectivity index (χ0v) is 68.5. The summed E-state index contributed by atoms with van der Waals surface area (Å²) in [6.45, 7) is 2.91. The predicted molar refractivity (Wildman–Crippen MR) is 430 cm³/mol. The molecule has 662 valence electrons. The Hall–Kier alpha value is -11.5. The number of nitrogens with two attached hydrogens (primary N) is 1. The van der Waals surface area contributed by atoms with Crippen LogP contribution in [0.4, 0.5) is 10.2 Å². The molecule has 18 atom stereocenters. The number of nitrogens with zero attached hydrogens (tertiary/aromatic N) is 2. The summed E-state index contributed by atoms with van der Waals surface area (Å²) in [7, 11) is 2.73. The number of hydrogen-bond acceptors (Lipinski definition) is 30. The van der Waals surface area contributed by atoms with Crippen LogP contribution >= 0.6 is 34.8 Å². The molecule has 14 rings (SSSR count). The maximum absolute atomic E-state index is 16.3. The van der Waals surface area contributed by atoms with E-state index in [0.717, 1.165) is 78.9 Å². The van der Waals surface area contributed by atoms with Crippen LogP contribution in [0.2, 0.25) is 15.1 Å². The Morgan fingerprint density at radius 3 is 2.03 bits per heavy atom. The highest BCUT2D eigenvalue weighted by Crippen LogP contribution is 2.50. The summed E-state index contributed by atoms with van der Waals surface area (Å²) >= 11 is 20.1. The van der Waals surface area contributed by atoms with E-state index in [9.17, 15) is 79.1 Å². The Balaban J connectivity index is 0.993. The first-order chi connectivity index (χ1) is 58.9.